The van der Waals surface area contributed by atoms with Crippen molar-refractivity contribution < 1.29 is 9.53 Å². The first-order valence-corrected chi connectivity index (χ1v) is 12.5. The van der Waals surface area contributed by atoms with E-state index in [2.05, 4.69) is 42.8 Å². The van der Waals surface area contributed by atoms with Crippen molar-refractivity contribution in [3.05, 3.63) is 84.7 Å². The topological polar surface area (TPSA) is 58.2 Å². The monoisotopic (exact) mass is 475 g/mol. The van der Waals surface area contributed by atoms with E-state index in [0.29, 0.717) is 19.4 Å². The van der Waals surface area contributed by atoms with E-state index in [4.69, 9.17) is 4.74 Å². The molecule has 4 rings (SSSR count). The number of benzene rings is 2. The van der Waals surface area contributed by atoms with Crippen LogP contribution in [0.25, 0.3) is 11.1 Å². The number of ether oxygens (including phenoxy) is 1. The molecule has 0 fully saturated rings. The fraction of sp³-hybridized carbons (Fsp3) is 0.286. The van der Waals surface area contributed by atoms with Crippen molar-refractivity contribution in [2.24, 2.45) is 0 Å². The summed E-state index contributed by atoms with van der Waals surface area (Å²) < 4.78 is 5.91. The molecule has 1 aliphatic rings. The Kier molecular flexibility index (Phi) is 9.59. The summed E-state index contributed by atoms with van der Waals surface area (Å²) in [6.07, 6.45) is 10.5. The quantitative estimate of drug-likeness (QED) is 0.304. The molecule has 1 aromatic heterocycles. The Morgan fingerprint density at radius 2 is 2.09 bits per heavy atom. The van der Waals surface area contributed by atoms with Gasteiger partial charge in [0.25, 0.3) is 0 Å². The molecule has 1 N–H and O–H groups in total. The highest BCUT2D eigenvalue weighted by Gasteiger charge is 2.25. The lowest BCUT2D eigenvalue weighted by Crippen LogP contribution is -2.35. The summed E-state index contributed by atoms with van der Waals surface area (Å²) in [6.45, 7) is 10.8. The largest absolute Gasteiger partial charge is 0.493 e. The highest BCUT2D eigenvalue weighted by Crippen LogP contribution is 2.41. The molecule has 178 valence electrons. The normalized spacial score (nSPS) is 12.6. The summed E-state index contributed by atoms with van der Waals surface area (Å²) in [4.78, 5) is 16.0. The van der Waals surface area contributed by atoms with E-state index in [-0.39, 0.29) is 5.91 Å². The number of carbonyl (C=O) groups excluding carboxylic acids is 1. The predicted octanol–water partition coefficient (Wildman–Crippen LogP) is 6.74. The zero-order valence-electron chi connectivity index (χ0n) is 20.2. The van der Waals surface area contributed by atoms with E-state index >= 15 is 0 Å². The maximum absolute atomic E-state index is 12.9. The molecular formula is C28H33N3O2S. The minimum absolute atomic E-state index is 0.153. The van der Waals surface area contributed by atoms with Crippen molar-refractivity contribution in [1.82, 2.24) is 10.2 Å². The Morgan fingerprint density at radius 3 is 2.79 bits per heavy atom. The van der Waals surface area contributed by atoms with Gasteiger partial charge in [-0.3, -0.25) is 9.89 Å². The fourth-order valence-corrected chi connectivity index (χ4v) is 4.84. The molecule has 0 unspecified atom stereocenters. The Hall–Kier alpha value is -3.25. The van der Waals surface area contributed by atoms with Crippen molar-refractivity contribution in [2.75, 3.05) is 23.8 Å². The van der Waals surface area contributed by atoms with Gasteiger partial charge < -0.3 is 9.64 Å². The van der Waals surface area contributed by atoms with Gasteiger partial charge in [0.15, 0.2) is 0 Å². The van der Waals surface area contributed by atoms with Crippen LogP contribution in [0.15, 0.2) is 78.5 Å². The second kappa shape index (κ2) is 12.8. The number of rotatable bonds is 7. The number of nitrogens with one attached hydrogen (secondary N) is 1. The number of hydrogen-bond acceptors (Lipinski definition) is 4. The SMILES string of the molecule is C=C/C=C\C.Cc1cccc(OCCCC(=O)N2CCSc3c(-c4cn[nH]c4)cccc32)c1C. The lowest BCUT2D eigenvalue weighted by molar-refractivity contribution is -0.118. The van der Waals surface area contributed by atoms with E-state index in [9.17, 15) is 4.79 Å². The van der Waals surface area contributed by atoms with Crippen molar-refractivity contribution in [2.45, 2.75) is 38.5 Å². The van der Waals surface area contributed by atoms with Gasteiger partial charge in [0.1, 0.15) is 5.75 Å². The number of anilines is 1. The Balaban J connectivity index is 0.000000588. The number of thioether (sulfide) groups is 1. The fourth-order valence-electron chi connectivity index (χ4n) is 3.69. The zero-order chi connectivity index (χ0) is 24.3. The van der Waals surface area contributed by atoms with Gasteiger partial charge >= 0.3 is 0 Å². The molecule has 2 aromatic carbocycles. The number of aromatic nitrogens is 2. The second-order valence-electron chi connectivity index (χ2n) is 7.95. The molecule has 0 atom stereocenters. The number of fused-ring (bicyclic) bond motifs is 1. The lowest BCUT2D eigenvalue weighted by Gasteiger charge is -2.30. The van der Waals surface area contributed by atoms with Crippen LogP contribution < -0.4 is 9.64 Å². The summed E-state index contributed by atoms with van der Waals surface area (Å²) >= 11 is 1.80. The summed E-state index contributed by atoms with van der Waals surface area (Å²) in [5.41, 5.74) is 5.55. The molecule has 0 saturated carbocycles. The van der Waals surface area contributed by atoms with E-state index < -0.39 is 0 Å². The van der Waals surface area contributed by atoms with Crippen LogP contribution in [0.1, 0.15) is 30.9 Å². The first-order chi connectivity index (χ1) is 16.6. The molecule has 2 heterocycles. The van der Waals surface area contributed by atoms with E-state index in [1.54, 1.807) is 17.8 Å². The molecule has 34 heavy (non-hydrogen) atoms. The lowest BCUT2D eigenvalue weighted by atomic mass is 10.1. The molecule has 3 aromatic rings. The summed E-state index contributed by atoms with van der Waals surface area (Å²) in [7, 11) is 0. The van der Waals surface area contributed by atoms with Crippen LogP contribution >= 0.6 is 11.8 Å². The first-order valence-electron chi connectivity index (χ1n) is 11.5. The molecule has 0 bridgehead atoms. The van der Waals surface area contributed by atoms with E-state index in [1.807, 2.05) is 60.6 Å². The molecule has 1 aliphatic heterocycles. The molecule has 6 heteroatoms. The molecule has 0 saturated heterocycles. The number of aryl methyl sites for hydroxylation is 1. The Morgan fingerprint density at radius 1 is 1.26 bits per heavy atom. The summed E-state index contributed by atoms with van der Waals surface area (Å²) in [6, 6.07) is 12.2. The van der Waals surface area contributed by atoms with Gasteiger partial charge in [-0.05, 0) is 50.5 Å². The van der Waals surface area contributed by atoms with Gasteiger partial charge in [-0.25, -0.2) is 0 Å². The number of nitrogens with zero attached hydrogens (tertiary/aromatic N) is 2. The molecular weight excluding hydrogens is 442 g/mol. The Labute approximate surface area is 206 Å². The van der Waals surface area contributed by atoms with Crippen LogP contribution in [0, 0.1) is 13.8 Å². The van der Waals surface area contributed by atoms with E-state index in [0.717, 1.165) is 45.3 Å². The highest BCUT2D eigenvalue weighted by molar-refractivity contribution is 7.99. The van der Waals surface area contributed by atoms with Crippen LogP contribution in [-0.4, -0.2) is 35.0 Å². The smallest absolute Gasteiger partial charge is 0.227 e. The molecule has 0 spiro atoms. The molecule has 1 amide bonds. The van der Waals surface area contributed by atoms with Gasteiger partial charge in [0.2, 0.25) is 5.91 Å². The van der Waals surface area contributed by atoms with Crippen LogP contribution in [0.5, 0.6) is 5.75 Å². The van der Waals surface area contributed by atoms with E-state index in [1.165, 1.54) is 5.56 Å². The van der Waals surface area contributed by atoms with Crippen LogP contribution in [-0.2, 0) is 4.79 Å². The predicted molar refractivity (Wildman–Crippen MR) is 143 cm³/mol. The van der Waals surface area contributed by atoms with Gasteiger partial charge in [0.05, 0.1) is 18.5 Å². The minimum Gasteiger partial charge on any atom is -0.493 e. The third-order valence-corrected chi connectivity index (χ3v) is 6.74. The Bertz CT molecular complexity index is 1120. The van der Waals surface area contributed by atoms with Crippen molar-refractivity contribution in [1.29, 1.82) is 0 Å². The number of amides is 1. The number of aromatic amines is 1. The third kappa shape index (κ3) is 6.41. The zero-order valence-corrected chi connectivity index (χ0v) is 21.0. The minimum atomic E-state index is 0.153. The standard InChI is InChI=1S/C23H25N3O2S.C5H8/c1-16-6-3-9-21(17(16)2)28-12-5-10-22(27)26-11-13-29-23-19(7-4-8-20(23)26)18-14-24-25-15-18;1-3-5-4-2/h3-4,6-9,14-15H,5,10-13H2,1-2H3,(H,24,25);3-5H,1H2,2H3/b;5-4-. The number of allylic oxidation sites excluding steroid dienone is 3. The van der Waals surface area contributed by atoms with Crippen LogP contribution in [0.4, 0.5) is 5.69 Å². The van der Waals surface area contributed by atoms with Crippen molar-refractivity contribution in [3.63, 3.8) is 0 Å². The van der Waals surface area contributed by atoms with Crippen LogP contribution in [0.2, 0.25) is 0 Å². The first kappa shape index (κ1) is 25.4. The van der Waals surface area contributed by atoms with Gasteiger partial charge in [-0.1, -0.05) is 49.1 Å². The number of carbonyl (C=O) groups is 1. The highest BCUT2D eigenvalue weighted by atomic mass is 32.2. The third-order valence-electron chi connectivity index (χ3n) is 5.63. The second-order valence-corrected chi connectivity index (χ2v) is 9.05. The molecule has 0 aliphatic carbocycles. The maximum atomic E-state index is 12.9. The maximum Gasteiger partial charge on any atom is 0.227 e. The van der Waals surface area contributed by atoms with Gasteiger partial charge in [0, 0.05) is 40.9 Å². The molecule has 0 radical (unpaired) electrons. The van der Waals surface area contributed by atoms with Gasteiger partial charge in [-0.15, -0.1) is 11.8 Å². The average molecular weight is 476 g/mol. The summed E-state index contributed by atoms with van der Waals surface area (Å²) in [5.74, 6) is 1.95. The molecule has 5 nitrogen and oxygen atoms in total. The van der Waals surface area contributed by atoms with Crippen LogP contribution in [0.3, 0.4) is 0 Å². The average Bonchev–Trinajstić information content (AvgIpc) is 3.39. The summed E-state index contributed by atoms with van der Waals surface area (Å²) in [5, 5.41) is 6.93. The number of H-pyrrole nitrogens is 1. The van der Waals surface area contributed by atoms with Crippen molar-refractivity contribution in [3.8, 4) is 16.9 Å². The van der Waals surface area contributed by atoms with Gasteiger partial charge in [-0.2, -0.15) is 5.10 Å². The number of hydrogen-bond donors (Lipinski definition) is 1. The van der Waals surface area contributed by atoms with Crippen molar-refractivity contribution >= 4 is 23.4 Å².